The number of carbonyl (C=O) groups excluding carboxylic acids is 1. The minimum absolute atomic E-state index is 0.00109. The largest absolute Gasteiger partial charge is 0.497 e. The predicted molar refractivity (Wildman–Crippen MR) is 125 cm³/mol. The number of nitrogens with one attached hydrogen (secondary N) is 1. The van der Waals surface area contributed by atoms with Gasteiger partial charge in [-0.15, -0.1) is 0 Å². The molecule has 8 heteroatoms. The molecule has 1 saturated heterocycles. The van der Waals surface area contributed by atoms with E-state index in [2.05, 4.69) is 10.2 Å². The van der Waals surface area contributed by atoms with Gasteiger partial charge in [0, 0.05) is 32.7 Å². The van der Waals surface area contributed by atoms with Gasteiger partial charge in [0.2, 0.25) is 0 Å². The Balaban J connectivity index is 1.26. The summed E-state index contributed by atoms with van der Waals surface area (Å²) in [5, 5.41) is 4.04. The highest BCUT2D eigenvalue weighted by molar-refractivity contribution is 7.22. The zero-order valence-electron chi connectivity index (χ0n) is 18.0. The number of rotatable bonds is 7. The monoisotopic (exact) mass is 440 g/mol. The van der Waals surface area contributed by atoms with E-state index in [-0.39, 0.29) is 6.03 Å². The number of benzene rings is 2. The molecule has 7 nitrogen and oxygen atoms in total. The van der Waals surface area contributed by atoms with E-state index in [0.29, 0.717) is 26.2 Å². The SMILES string of the molecule is CCOc1ccc2nc(N3CCN(C(=O)NCCc4ccc(OC)cc4)CC3)sc2c1. The summed E-state index contributed by atoms with van der Waals surface area (Å²) in [5.41, 5.74) is 2.16. The van der Waals surface area contributed by atoms with Crippen LogP contribution in [0.1, 0.15) is 12.5 Å². The fourth-order valence-corrected chi connectivity index (χ4v) is 4.65. The van der Waals surface area contributed by atoms with Crippen LogP contribution in [0.4, 0.5) is 9.93 Å². The van der Waals surface area contributed by atoms with Crippen molar-refractivity contribution < 1.29 is 14.3 Å². The molecule has 1 N–H and O–H groups in total. The summed E-state index contributed by atoms with van der Waals surface area (Å²) < 4.78 is 11.9. The van der Waals surface area contributed by atoms with Crippen LogP contribution in [0.25, 0.3) is 10.2 Å². The van der Waals surface area contributed by atoms with Crippen molar-refractivity contribution in [1.82, 2.24) is 15.2 Å². The van der Waals surface area contributed by atoms with Gasteiger partial charge in [-0.3, -0.25) is 0 Å². The van der Waals surface area contributed by atoms with Gasteiger partial charge < -0.3 is 24.6 Å². The molecule has 1 aliphatic heterocycles. The number of fused-ring (bicyclic) bond motifs is 1. The molecule has 3 aromatic rings. The maximum absolute atomic E-state index is 12.5. The Morgan fingerprint density at radius 2 is 1.84 bits per heavy atom. The highest BCUT2D eigenvalue weighted by Gasteiger charge is 2.23. The van der Waals surface area contributed by atoms with Crippen LogP contribution < -0.4 is 19.7 Å². The number of anilines is 1. The fourth-order valence-electron chi connectivity index (χ4n) is 3.60. The number of piperazine rings is 1. The number of aromatic nitrogens is 1. The molecule has 0 bridgehead atoms. The number of carbonyl (C=O) groups is 1. The van der Waals surface area contributed by atoms with Crippen LogP contribution in [0, 0.1) is 0 Å². The van der Waals surface area contributed by atoms with Crippen molar-refractivity contribution in [3.8, 4) is 11.5 Å². The number of hydrogen-bond donors (Lipinski definition) is 1. The Kier molecular flexibility index (Phi) is 6.76. The number of methoxy groups -OCH3 is 1. The Hall–Kier alpha value is -3.00. The number of urea groups is 1. The smallest absolute Gasteiger partial charge is 0.317 e. The molecule has 0 spiro atoms. The zero-order valence-corrected chi connectivity index (χ0v) is 18.8. The van der Waals surface area contributed by atoms with Gasteiger partial charge in [-0.1, -0.05) is 23.5 Å². The molecule has 0 unspecified atom stereocenters. The van der Waals surface area contributed by atoms with E-state index < -0.39 is 0 Å². The summed E-state index contributed by atoms with van der Waals surface area (Å²) in [6.07, 6.45) is 0.797. The van der Waals surface area contributed by atoms with Gasteiger partial charge in [-0.25, -0.2) is 9.78 Å². The lowest BCUT2D eigenvalue weighted by atomic mass is 10.1. The van der Waals surface area contributed by atoms with Crippen molar-refractivity contribution in [3.05, 3.63) is 48.0 Å². The Morgan fingerprint density at radius 3 is 2.55 bits per heavy atom. The first-order valence-corrected chi connectivity index (χ1v) is 11.4. The van der Waals surface area contributed by atoms with Gasteiger partial charge in [0.05, 0.1) is 23.9 Å². The van der Waals surface area contributed by atoms with Crippen LogP contribution in [-0.4, -0.2) is 62.4 Å². The average Bonchev–Trinajstić information content (AvgIpc) is 3.23. The van der Waals surface area contributed by atoms with Gasteiger partial charge in [0.15, 0.2) is 5.13 Å². The topological polar surface area (TPSA) is 66.9 Å². The van der Waals surface area contributed by atoms with Crippen LogP contribution in [-0.2, 0) is 6.42 Å². The third-order valence-electron chi connectivity index (χ3n) is 5.35. The molecule has 2 aromatic carbocycles. The first-order valence-electron chi connectivity index (χ1n) is 10.6. The number of amides is 2. The number of thiazole rings is 1. The first-order chi connectivity index (χ1) is 15.2. The van der Waals surface area contributed by atoms with Gasteiger partial charge >= 0.3 is 6.03 Å². The van der Waals surface area contributed by atoms with E-state index >= 15 is 0 Å². The van der Waals surface area contributed by atoms with Crippen LogP contribution in [0.2, 0.25) is 0 Å². The molecule has 2 amide bonds. The molecule has 0 saturated carbocycles. The standard InChI is InChI=1S/C23H28N4O3S/c1-3-30-19-8-9-20-21(16-19)31-23(25-20)27-14-12-26(13-15-27)22(28)24-11-10-17-4-6-18(29-2)7-5-17/h4-9,16H,3,10-15H2,1-2H3,(H,24,28). The lowest BCUT2D eigenvalue weighted by molar-refractivity contribution is 0.194. The third-order valence-corrected chi connectivity index (χ3v) is 6.42. The second-order valence-electron chi connectivity index (χ2n) is 7.36. The lowest BCUT2D eigenvalue weighted by Gasteiger charge is -2.34. The van der Waals surface area contributed by atoms with E-state index in [4.69, 9.17) is 14.5 Å². The second kappa shape index (κ2) is 9.87. The fraction of sp³-hybridized carbons (Fsp3) is 0.391. The van der Waals surface area contributed by atoms with Crippen molar-refractivity contribution in [3.63, 3.8) is 0 Å². The number of ether oxygens (including phenoxy) is 2. The summed E-state index contributed by atoms with van der Waals surface area (Å²) in [7, 11) is 1.66. The minimum Gasteiger partial charge on any atom is -0.497 e. The molecular weight excluding hydrogens is 412 g/mol. The molecule has 164 valence electrons. The summed E-state index contributed by atoms with van der Waals surface area (Å²) in [6, 6.07) is 14.0. The molecule has 0 atom stereocenters. The molecule has 1 fully saturated rings. The van der Waals surface area contributed by atoms with E-state index in [1.54, 1.807) is 18.4 Å². The highest BCUT2D eigenvalue weighted by Crippen LogP contribution is 2.32. The van der Waals surface area contributed by atoms with Crippen molar-refractivity contribution in [2.75, 3.05) is 51.3 Å². The Labute approximate surface area is 186 Å². The van der Waals surface area contributed by atoms with Crippen molar-refractivity contribution in [2.24, 2.45) is 0 Å². The Morgan fingerprint density at radius 1 is 1.10 bits per heavy atom. The maximum atomic E-state index is 12.5. The van der Waals surface area contributed by atoms with Crippen molar-refractivity contribution in [2.45, 2.75) is 13.3 Å². The van der Waals surface area contributed by atoms with Crippen molar-refractivity contribution in [1.29, 1.82) is 0 Å². The lowest BCUT2D eigenvalue weighted by Crippen LogP contribution is -2.52. The predicted octanol–water partition coefficient (Wildman–Crippen LogP) is 3.78. The van der Waals surface area contributed by atoms with E-state index in [1.807, 2.05) is 54.3 Å². The molecule has 31 heavy (non-hydrogen) atoms. The molecular formula is C23H28N4O3S. The molecule has 0 aliphatic carbocycles. The summed E-state index contributed by atoms with van der Waals surface area (Å²) in [5.74, 6) is 1.72. The highest BCUT2D eigenvalue weighted by atomic mass is 32.1. The molecule has 4 rings (SSSR count). The average molecular weight is 441 g/mol. The number of nitrogens with zero attached hydrogens (tertiary/aromatic N) is 3. The van der Waals surface area contributed by atoms with Crippen LogP contribution >= 0.6 is 11.3 Å². The number of hydrogen-bond acceptors (Lipinski definition) is 6. The second-order valence-corrected chi connectivity index (χ2v) is 8.37. The van der Waals surface area contributed by atoms with E-state index in [9.17, 15) is 4.79 Å². The van der Waals surface area contributed by atoms with Crippen molar-refractivity contribution >= 4 is 32.7 Å². The normalized spacial score (nSPS) is 14.0. The van der Waals surface area contributed by atoms with Gasteiger partial charge in [0.1, 0.15) is 11.5 Å². The summed E-state index contributed by atoms with van der Waals surface area (Å²) in [4.78, 5) is 21.4. The van der Waals surface area contributed by atoms with Crippen LogP contribution in [0.5, 0.6) is 11.5 Å². The Bertz CT molecular complexity index is 1010. The molecule has 0 radical (unpaired) electrons. The molecule has 2 heterocycles. The van der Waals surface area contributed by atoms with E-state index in [0.717, 1.165) is 46.4 Å². The van der Waals surface area contributed by atoms with E-state index in [1.165, 1.54) is 5.56 Å². The van der Waals surface area contributed by atoms with Crippen LogP contribution in [0.15, 0.2) is 42.5 Å². The van der Waals surface area contributed by atoms with Gasteiger partial charge in [-0.05, 0) is 49.2 Å². The quantitative estimate of drug-likeness (QED) is 0.606. The van der Waals surface area contributed by atoms with Gasteiger partial charge in [-0.2, -0.15) is 0 Å². The first kappa shape index (κ1) is 21.2. The van der Waals surface area contributed by atoms with Gasteiger partial charge in [0.25, 0.3) is 0 Å². The zero-order chi connectivity index (χ0) is 21.6. The molecule has 1 aliphatic rings. The minimum atomic E-state index is -0.00109. The maximum Gasteiger partial charge on any atom is 0.317 e. The van der Waals surface area contributed by atoms with Crippen LogP contribution in [0.3, 0.4) is 0 Å². The summed E-state index contributed by atoms with van der Waals surface area (Å²) in [6.45, 7) is 6.20. The molecule has 1 aromatic heterocycles. The summed E-state index contributed by atoms with van der Waals surface area (Å²) >= 11 is 1.67. The third kappa shape index (κ3) is 5.19.